The summed E-state index contributed by atoms with van der Waals surface area (Å²) < 4.78 is 0. The van der Waals surface area contributed by atoms with Crippen LogP contribution in [0.5, 0.6) is 0 Å². The smallest absolute Gasteiger partial charge is 0.101 e. The van der Waals surface area contributed by atoms with E-state index in [1.165, 1.54) is 11.1 Å². The predicted molar refractivity (Wildman–Crippen MR) is 81.9 cm³/mol. The summed E-state index contributed by atoms with van der Waals surface area (Å²) in [7, 11) is 0. The van der Waals surface area contributed by atoms with Gasteiger partial charge in [-0.05, 0) is 48.6 Å². The molecule has 2 nitrogen and oxygen atoms in total. The number of benzene rings is 2. The minimum Gasteiger partial charge on any atom is -0.377 e. The zero-order chi connectivity index (χ0) is 13.9. The molecule has 0 saturated carbocycles. The van der Waals surface area contributed by atoms with Gasteiger partial charge in [0.15, 0.2) is 0 Å². The maximum absolute atomic E-state index is 9.20. The average molecular weight is 283 g/mol. The highest BCUT2D eigenvalue weighted by atomic mass is 35.5. The van der Waals surface area contributed by atoms with E-state index in [4.69, 9.17) is 11.6 Å². The summed E-state index contributed by atoms with van der Waals surface area (Å²) in [5.74, 6) is 0. The highest BCUT2D eigenvalue weighted by Gasteiger charge is 2.20. The third-order valence-corrected chi connectivity index (χ3v) is 4.04. The molecule has 0 saturated heterocycles. The molecular formula is C17H15ClN2. The Labute approximate surface area is 124 Å². The first kappa shape index (κ1) is 13.0. The molecule has 1 unspecified atom stereocenters. The van der Waals surface area contributed by atoms with Crippen LogP contribution in [-0.2, 0) is 6.42 Å². The average Bonchev–Trinajstić information content (AvgIpc) is 2.48. The number of rotatable bonds is 2. The Morgan fingerprint density at radius 1 is 1.20 bits per heavy atom. The van der Waals surface area contributed by atoms with E-state index in [0.717, 1.165) is 24.9 Å². The number of nitrogens with zero attached hydrogens (tertiary/aromatic N) is 1. The minimum absolute atomic E-state index is 0.255. The first-order valence-electron chi connectivity index (χ1n) is 6.82. The van der Waals surface area contributed by atoms with Crippen molar-refractivity contribution in [3.8, 4) is 6.07 Å². The second-order valence-corrected chi connectivity index (χ2v) is 5.53. The lowest BCUT2D eigenvalue weighted by atomic mass is 9.87. The molecule has 20 heavy (non-hydrogen) atoms. The standard InChI is InChI=1S/C17H15ClN2/c18-14-9-8-13(11-19)17(10-14)20-16-7-3-5-12-4-1-2-6-15(12)16/h1-2,4,6,8-10,16,20H,3,5,7H2. The Hall–Kier alpha value is -1.98. The summed E-state index contributed by atoms with van der Waals surface area (Å²) >= 11 is 6.04. The number of halogens is 1. The molecule has 100 valence electrons. The van der Waals surface area contributed by atoms with E-state index in [2.05, 4.69) is 35.7 Å². The van der Waals surface area contributed by atoms with E-state index in [1.807, 2.05) is 6.07 Å². The van der Waals surface area contributed by atoms with Gasteiger partial charge in [-0.1, -0.05) is 35.9 Å². The molecule has 0 aromatic heterocycles. The lowest BCUT2D eigenvalue weighted by Crippen LogP contribution is -2.17. The molecule has 1 aliphatic carbocycles. The van der Waals surface area contributed by atoms with Crippen molar-refractivity contribution < 1.29 is 0 Å². The number of anilines is 1. The zero-order valence-electron chi connectivity index (χ0n) is 11.1. The van der Waals surface area contributed by atoms with Crippen molar-refractivity contribution in [3.63, 3.8) is 0 Å². The van der Waals surface area contributed by atoms with E-state index < -0.39 is 0 Å². The Morgan fingerprint density at radius 3 is 2.90 bits per heavy atom. The molecule has 0 radical (unpaired) electrons. The number of hydrogen-bond donors (Lipinski definition) is 1. The van der Waals surface area contributed by atoms with Gasteiger partial charge >= 0.3 is 0 Å². The van der Waals surface area contributed by atoms with Crippen LogP contribution in [0.3, 0.4) is 0 Å². The largest absolute Gasteiger partial charge is 0.377 e. The monoisotopic (exact) mass is 282 g/mol. The molecule has 0 bridgehead atoms. The Morgan fingerprint density at radius 2 is 2.05 bits per heavy atom. The van der Waals surface area contributed by atoms with Gasteiger partial charge in [-0.25, -0.2) is 0 Å². The summed E-state index contributed by atoms with van der Waals surface area (Å²) in [6.07, 6.45) is 3.38. The van der Waals surface area contributed by atoms with E-state index in [0.29, 0.717) is 10.6 Å². The third-order valence-electron chi connectivity index (χ3n) is 3.80. The molecule has 1 aliphatic rings. The van der Waals surface area contributed by atoms with Gasteiger partial charge in [-0.15, -0.1) is 0 Å². The Bertz CT molecular complexity index is 673. The van der Waals surface area contributed by atoms with Crippen molar-refractivity contribution in [1.29, 1.82) is 5.26 Å². The molecule has 2 aromatic carbocycles. The highest BCUT2D eigenvalue weighted by Crippen LogP contribution is 2.33. The van der Waals surface area contributed by atoms with Crippen LogP contribution in [0.4, 0.5) is 5.69 Å². The van der Waals surface area contributed by atoms with Crippen molar-refractivity contribution in [3.05, 3.63) is 64.2 Å². The summed E-state index contributed by atoms with van der Waals surface area (Å²) in [5, 5.41) is 13.3. The molecular weight excluding hydrogens is 268 g/mol. The van der Waals surface area contributed by atoms with Crippen molar-refractivity contribution in [1.82, 2.24) is 0 Å². The van der Waals surface area contributed by atoms with Gasteiger partial charge in [-0.3, -0.25) is 0 Å². The van der Waals surface area contributed by atoms with Crippen LogP contribution in [0.15, 0.2) is 42.5 Å². The predicted octanol–water partition coefficient (Wildman–Crippen LogP) is 4.70. The normalized spacial score (nSPS) is 17.1. The second kappa shape index (κ2) is 5.56. The van der Waals surface area contributed by atoms with Gasteiger partial charge in [0.05, 0.1) is 17.3 Å². The fourth-order valence-electron chi connectivity index (χ4n) is 2.82. The summed E-state index contributed by atoms with van der Waals surface area (Å²) in [5.41, 5.74) is 4.19. The van der Waals surface area contributed by atoms with Gasteiger partial charge in [-0.2, -0.15) is 5.26 Å². The first-order chi connectivity index (χ1) is 9.78. The molecule has 2 aromatic rings. The minimum atomic E-state index is 0.255. The first-order valence-corrected chi connectivity index (χ1v) is 7.20. The second-order valence-electron chi connectivity index (χ2n) is 5.09. The van der Waals surface area contributed by atoms with Crippen molar-refractivity contribution in [2.24, 2.45) is 0 Å². The van der Waals surface area contributed by atoms with Crippen LogP contribution in [0.1, 0.15) is 35.6 Å². The van der Waals surface area contributed by atoms with Crippen LogP contribution in [0, 0.1) is 11.3 Å². The number of hydrogen-bond acceptors (Lipinski definition) is 2. The highest BCUT2D eigenvalue weighted by molar-refractivity contribution is 6.30. The molecule has 3 rings (SSSR count). The molecule has 3 heteroatoms. The van der Waals surface area contributed by atoms with Crippen molar-refractivity contribution in [2.75, 3.05) is 5.32 Å². The fourth-order valence-corrected chi connectivity index (χ4v) is 3.00. The van der Waals surface area contributed by atoms with Crippen molar-refractivity contribution in [2.45, 2.75) is 25.3 Å². The number of nitriles is 1. The van der Waals surface area contributed by atoms with E-state index >= 15 is 0 Å². The van der Waals surface area contributed by atoms with Gasteiger partial charge < -0.3 is 5.32 Å². The SMILES string of the molecule is N#Cc1ccc(Cl)cc1NC1CCCc2ccccc21. The quantitative estimate of drug-likeness (QED) is 0.866. The lowest BCUT2D eigenvalue weighted by molar-refractivity contribution is 0.600. The molecule has 0 amide bonds. The zero-order valence-corrected chi connectivity index (χ0v) is 11.8. The van der Waals surface area contributed by atoms with Crippen molar-refractivity contribution >= 4 is 17.3 Å². The van der Waals surface area contributed by atoms with E-state index in [1.54, 1.807) is 12.1 Å². The molecule has 0 aliphatic heterocycles. The number of fused-ring (bicyclic) bond motifs is 1. The van der Waals surface area contributed by atoms with Gasteiger partial charge in [0.1, 0.15) is 6.07 Å². The summed E-state index contributed by atoms with van der Waals surface area (Å²) in [6, 6.07) is 16.3. The molecule has 1 N–H and O–H groups in total. The molecule has 0 spiro atoms. The van der Waals surface area contributed by atoms with Crippen LogP contribution >= 0.6 is 11.6 Å². The molecule has 0 fully saturated rings. The van der Waals surface area contributed by atoms with Gasteiger partial charge in [0, 0.05) is 5.02 Å². The lowest BCUT2D eigenvalue weighted by Gasteiger charge is -2.27. The molecule has 1 atom stereocenters. The van der Waals surface area contributed by atoms with E-state index in [9.17, 15) is 5.26 Å². The van der Waals surface area contributed by atoms with Gasteiger partial charge in [0.25, 0.3) is 0 Å². The van der Waals surface area contributed by atoms with Crippen LogP contribution < -0.4 is 5.32 Å². The van der Waals surface area contributed by atoms with E-state index in [-0.39, 0.29) is 6.04 Å². The Balaban J connectivity index is 1.93. The summed E-state index contributed by atoms with van der Waals surface area (Å²) in [6.45, 7) is 0. The van der Waals surface area contributed by atoms with Crippen LogP contribution in [-0.4, -0.2) is 0 Å². The number of nitrogens with one attached hydrogen (secondary N) is 1. The topological polar surface area (TPSA) is 35.8 Å². The van der Waals surface area contributed by atoms with Gasteiger partial charge in [0.2, 0.25) is 0 Å². The maximum Gasteiger partial charge on any atom is 0.101 e. The fraction of sp³-hybridized carbons (Fsp3) is 0.235. The van der Waals surface area contributed by atoms with Crippen LogP contribution in [0.25, 0.3) is 0 Å². The summed E-state index contributed by atoms with van der Waals surface area (Å²) in [4.78, 5) is 0. The Kier molecular flexibility index (Phi) is 3.62. The third kappa shape index (κ3) is 2.50. The number of aryl methyl sites for hydroxylation is 1. The van der Waals surface area contributed by atoms with Crippen LogP contribution in [0.2, 0.25) is 5.02 Å². The molecule has 0 heterocycles. The maximum atomic E-state index is 9.20.